The van der Waals surface area contributed by atoms with Crippen molar-refractivity contribution in [3.8, 4) is 11.4 Å². The third-order valence-corrected chi connectivity index (χ3v) is 3.86. The number of aromatic nitrogens is 3. The van der Waals surface area contributed by atoms with Gasteiger partial charge in [0, 0.05) is 18.3 Å². The smallest absolute Gasteiger partial charge is 0.225 e. The number of nitrogens with zero attached hydrogens (tertiary/aromatic N) is 3. The van der Waals surface area contributed by atoms with E-state index in [0.717, 1.165) is 6.42 Å². The summed E-state index contributed by atoms with van der Waals surface area (Å²) in [6.45, 7) is 4.04. The summed E-state index contributed by atoms with van der Waals surface area (Å²) in [5.41, 5.74) is 0.928. The lowest BCUT2D eigenvalue weighted by atomic mass is 10.2. The Morgan fingerprint density at radius 1 is 1.00 bits per heavy atom. The van der Waals surface area contributed by atoms with E-state index in [2.05, 4.69) is 25.6 Å². The van der Waals surface area contributed by atoms with Gasteiger partial charge in [0.2, 0.25) is 5.95 Å². The van der Waals surface area contributed by atoms with Crippen LogP contribution in [0.3, 0.4) is 0 Å². The highest BCUT2D eigenvalue weighted by Gasteiger charge is 2.13. The first-order chi connectivity index (χ1) is 12.6. The Hall–Kier alpha value is -3.09. The topological polar surface area (TPSA) is 62.7 Å². The van der Waals surface area contributed by atoms with Gasteiger partial charge in [0.15, 0.2) is 0 Å². The van der Waals surface area contributed by atoms with Gasteiger partial charge < -0.3 is 10.6 Å². The summed E-state index contributed by atoms with van der Waals surface area (Å²) in [6, 6.07) is 10.9. The highest BCUT2D eigenvalue weighted by molar-refractivity contribution is 5.65. The molecule has 0 aliphatic carbocycles. The van der Waals surface area contributed by atoms with Crippen LogP contribution in [0, 0.1) is 11.6 Å². The molecule has 5 nitrogen and oxygen atoms in total. The van der Waals surface area contributed by atoms with Crippen LogP contribution in [0.4, 0.5) is 26.2 Å². The molecule has 0 aliphatic rings. The van der Waals surface area contributed by atoms with E-state index < -0.39 is 11.6 Å². The van der Waals surface area contributed by atoms with Crippen molar-refractivity contribution in [2.45, 2.75) is 26.3 Å². The molecule has 2 heterocycles. The van der Waals surface area contributed by atoms with Crippen LogP contribution < -0.4 is 10.6 Å². The van der Waals surface area contributed by atoms with Crippen LogP contribution in [-0.4, -0.2) is 21.0 Å². The van der Waals surface area contributed by atoms with Crippen molar-refractivity contribution in [1.82, 2.24) is 15.0 Å². The highest BCUT2D eigenvalue weighted by atomic mass is 19.1. The normalized spacial score (nSPS) is 11.8. The minimum absolute atomic E-state index is 0.145. The average Bonchev–Trinajstić information content (AvgIpc) is 2.65. The van der Waals surface area contributed by atoms with Crippen molar-refractivity contribution in [2.24, 2.45) is 0 Å². The Bertz CT molecular complexity index is 866. The largest absolute Gasteiger partial charge is 0.352 e. The highest BCUT2D eigenvalue weighted by Crippen LogP contribution is 2.25. The van der Waals surface area contributed by atoms with Crippen LogP contribution in [-0.2, 0) is 0 Å². The summed E-state index contributed by atoms with van der Waals surface area (Å²) < 4.78 is 27.9. The number of para-hydroxylation sites is 1. The standard InChI is InChI=1S/C19H19F2N5/c1-3-12(2)23-19-24-16(15-9-4-5-10-22-15)11-17(26-19)25-18-13(20)7-6-8-14(18)21/h4-12H,3H2,1-2H3,(H2,23,24,25,26)/t12-/m1/s1. The molecule has 3 aromatic rings. The third-order valence-electron chi connectivity index (χ3n) is 3.86. The van der Waals surface area contributed by atoms with Gasteiger partial charge in [-0.1, -0.05) is 19.1 Å². The second-order valence-corrected chi connectivity index (χ2v) is 5.85. The van der Waals surface area contributed by atoms with Gasteiger partial charge in [-0.15, -0.1) is 0 Å². The second-order valence-electron chi connectivity index (χ2n) is 5.85. The molecule has 0 aliphatic heterocycles. The molecule has 0 radical (unpaired) electrons. The van der Waals surface area contributed by atoms with E-state index in [1.54, 1.807) is 18.3 Å². The Morgan fingerprint density at radius 3 is 2.42 bits per heavy atom. The first-order valence-corrected chi connectivity index (χ1v) is 8.35. The molecule has 134 valence electrons. The Balaban J connectivity index is 2.02. The molecule has 0 fully saturated rings. The van der Waals surface area contributed by atoms with E-state index in [1.165, 1.54) is 18.2 Å². The molecule has 0 unspecified atom stereocenters. The third kappa shape index (κ3) is 4.11. The van der Waals surface area contributed by atoms with Gasteiger partial charge in [-0.3, -0.25) is 4.98 Å². The monoisotopic (exact) mass is 355 g/mol. The number of pyridine rings is 1. The fraction of sp³-hybridized carbons (Fsp3) is 0.211. The van der Waals surface area contributed by atoms with Gasteiger partial charge >= 0.3 is 0 Å². The number of rotatable bonds is 6. The van der Waals surface area contributed by atoms with Crippen molar-refractivity contribution in [3.63, 3.8) is 0 Å². The molecule has 1 atom stereocenters. The number of anilines is 3. The first kappa shape index (κ1) is 17.7. The number of hydrogen-bond donors (Lipinski definition) is 2. The van der Waals surface area contributed by atoms with Crippen molar-refractivity contribution >= 4 is 17.5 Å². The molecule has 0 amide bonds. The summed E-state index contributed by atoms with van der Waals surface area (Å²) in [5.74, 6) is -0.754. The molecular weight excluding hydrogens is 336 g/mol. The summed E-state index contributed by atoms with van der Waals surface area (Å²) in [6.07, 6.45) is 2.53. The fourth-order valence-electron chi connectivity index (χ4n) is 2.29. The maximum absolute atomic E-state index is 14.0. The van der Waals surface area contributed by atoms with E-state index in [0.29, 0.717) is 17.3 Å². The predicted octanol–water partition coefficient (Wildman–Crippen LogP) is 4.77. The van der Waals surface area contributed by atoms with E-state index in [9.17, 15) is 8.78 Å². The number of halogens is 2. The molecule has 1 aromatic carbocycles. The SMILES string of the molecule is CC[C@@H](C)Nc1nc(Nc2c(F)cccc2F)cc(-c2ccccn2)n1. The summed E-state index contributed by atoms with van der Waals surface area (Å²) in [7, 11) is 0. The molecule has 0 bridgehead atoms. The molecule has 0 saturated carbocycles. The second kappa shape index (κ2) is 7.86. The zero-order valence-electron chi connectivity index (χ0n) is 14.5. The van der Waals surface area contributed by atoms with Crippen molar-refractivity contribution in [1.29, 1.82) is 0 Å². The van der Waals surface area contributed by atoms with Crippen LogP contribution >= 0.6 is 0 Å². The zero-order chi connectivity index (χ0) is 18.5. The zero-order valence-corrected chi connectivity index (χ0v) is 14.5. The lowest BCUT2D eigenvalue weighted by molar-refractivity contribution is 0.590. The molecule has 7 heteroatoms. The minimum Gasteiger partial charge on any atom is -0.352 e. The minimum atomic E-state index is -0.695. The average molecular weight is 355 g/mol. The Morgan fingerprint density at radius 2 is 1.77 bits per heavy atom. The quantitative estimate of drug-likeness (QED) is 0.667. The Labute approximate surface area is 150 Å². The maximum Gasteiger partial charge on any atom is 0.225 e. The molecule has 3 rings (SSSR count). The van der Waals surface area contributed by atoms with Crippen LogP contribution in [0.1, 0.15) is 20.3 Å². The van der Waals surface area contributed by atoms with Crippen LogP contribution in [0.2, 0.25) is 0 Å². The van der Waals surface area contributed by atoms with Crippen LogP contribution in [0.5, 0.6) is 0 Å². The van der Waals surface area contributed by atoms with Gasteiger partial charge in [0.05, 0.1) is 11.4 Å². The summed E-state index contributed by atoms with van der Waals surface area (Å²) in [4.78, 5) is 13.1. The predicted molar refractivity (Wildman–Crippen MR) is 98.3 cm³/mol. The van der Waals surface area contributed by atoms with E-state index in [1.807, 2.05) is 26.0 Å². The molecular formula is C19H19F2N5. The fourth-order valence-corrected chi connectivity index (χ4v) is 2.29. The van der Waals surface area contributed by atoms with E-state index >= 15 is 0 Å². The lowest BCUT2D eigenvalue weighted by Gasteiger charge is -2.15. The Kier molecular flexibility index (Phi) is 5.36. The van der Waals surface area contributed by atoms with E-state index in [4.69, 9.17) is 0 Å². The van der Waals surface area contributed by atoms with Crippen LogP contribution in [0.15, 0.2) is 48.7 Å². The van der Waals surface area contributed by atoms with Crippen LogP contribution in [0.25, 0.3) is 11.4 Å². The molecule has 0 saturated heterocycles. The van der Waals surface area contributed by atoms with Gasteiger partial charge in [-0.25, -0.2) is 13.8 Å². The number of nitrogens with one attached hydrogen (secondary N) is 2. The van der Waals surface area contributed by atoms with Gasteiger partial charge in [-0.2, -0.15) is 4.98 Å². The van der Waals surface area contributed by atoms with Crippen molar-refractivity contribution in [2.75, 3.05) is 10.6 Å². The van der Waals surface area contributed by atoms with Gasteiger partial charge in [-0.05, 0) is 37.6 Å². The molecule has 26 heavy (non-hydrogen) atoms. The van der Waals surface area contributed by atoms with Gasteiger partial charge in [0.1, 0.15) is 23.1 Å². The summed E-state index contributed by atoms with van der Waals surface area (Å²) >= 11 is 0. The molecule has 2 N–H and O–H groups in total. The number of benzene rings is 1. The first-order valence-electron chi connectivity index (χ1n) is 8.35. The maximum atomic E-state index is 14.0. The molecule has 0 spiro atoms. The van der Waals surface area contributed by atoms with E-state index in [-0.39, 0.29) is 17.5 Å². The molecule has 2 aromatic heterocycles. The number of hydrogen-bond acceptors (Lipinski definition) is 5. The van der Waals surface area contributed by atoms with Crippen molar-refractivity contribution < 1.29 is 8.78 Å². The van der Waals surface area contributed by atoms with Gasteiger partial charge in [0.25, 0.3) is 0 Å². The van der Waals surface area contributed by atoms with Crippen molar-refractivity contribution in [3.05, 3.63) is 60.3 Å². The summed E-state index contributed by atoms with van der Waals surface area (Å²) in [5, 5.41) is 5.89. The lowest BCUT2D eigenvalue weighted by Crippen LogP contribution is -2.16.